The summed E-state index contributed by atoms with van der Waals surface area (Å²) in [5, 5.41) is -0.370. The van der Waals surface area contributed by atoms with Crippen LogP contribution in [0.1, 0.15) is 20.3 Å². The number of rotatable bonds is 7. The van der Waals surface area contributed by atoms with Gasteiger partial charge in [-0.25, -0.2) is 13.1 Å². The minimum Gasteiger partial charge on any atom is -0.392 e. The molecule has 0 bridgehead atoms. The average Bonchev–Trinajstić information content (AvgIpc) is 2.15. The minimum absolute atomic E-state index is 0.000384. The van der Waals surface area contributed by atoms with Gasteiger partial charge in [-0.15, -0.1) is 0 Å². The molecule has 90 valence electrons. The smallest absolute Gasteiger partial charge is 0.220 e. The Labute approximate surface area is 101 Å². The average molecular weight is 270 g/mol. The van der Waals surface area contributed by atoms with Crippen LogP contribution in [0, 0.1) is 0 Å². The Morgan fingerprint density at radius 2 is 2.07 bits per heavy atom. The van der Waals surface area contributed by atoms with Gasteiger partial charge < -0.3 is 5.73 Å². The molecule has 0 rings (SSSR count). The lowest BCUT2D eigenvalue weighted by molar-refractivity contribution is 0.576. The number of sulfonamides is 1. The van der Waals surface area contributed by atoms with Gasteiger partial charge in [0.15, 0.2) is 0 Å². The monoisotopic (exact) mass is 270 g/mol. The highest BCUT2D eigenvalue weighted by molar-refractivity contribution is 7.99. The summed E-state index contributed by atoms with van der Waals surface area (Å²) in [6, 6.07) is 0. The molecule has 0 spiro atoms. The molecule has 0 amide bonds. The van der Waals surface area contributed by atoms with Gasteiger partial charge in [0, 0.05) is 11.8 Å². The van der Waals surface area contributed by atoms with Crippen LogP contribution < -0.4 is 10.5 Å². The van der Waals surface area contributed by atoms with Crippen LogP contribution in [0.3, 0.4) is 0 Å². The number of nitrogens with one attached hydrogen (secondary N) is 1. The van der Waals surface area contributed by atoms with Crippen LogP contribution in [0.5, 0.6) is 0 Å². The highest BCUT2D eigenvalue weighted by atomic mass is 32.2. The highest BCUT2D eigenvalue weighted by Gasteiger charge is 2.22. The third-order valence-corrected chi connectivity index (χ3v) is 5.46. The Morgan fingerprint density at radius 1 is 1.53 bits per heavy atom. The molecule has 2 atom stereocenters. The topological polar surface area (TPSA) is 72.2 Å². The summed E-state index contributed by atoms with van der Waals surface area (Å²) < 4.78 is 25.6. The normalized spacial score (nSPS) is 15.9. The summed E-state index contributed by atoms with van der Waals surface area (Å²) in [6.07, 6.45) is 2.79. The highest BCUT2D eigenvalue weighted by Crippen LogP contribution is 2.08. The number of thiocarbonyl (C=S) groups is 1. The van der Waals surface area contributed by atoms with Crippen molar-refractivity contribution >= 4 is 39.0 Å². The molecule has 4 nitrogen and oxygen atoms in total. The summed E-state index contributed by atoms with van der Waals surface area (Å²) in [6.45, 7) is 3.97. The second-order valence-corrected chi connectivity index (χ2v) is 7.15. The lowest BCUT2D eigenvalue weighted by Gasteiger charge is -2.13. The number of nitrogens with two attached hydrogens (primary N) is 1. The summed E-state index contributed by atoms with van der Waals surface area (Å²) in [5.41, 5.74) is 5.29. The van der Waals surface area contributed by atoms with E-state index in [4.69, 9.17) is 5.73 Å². The van der Waals surface area contributed by atoms with Gasteiger partial charge in [-0.3, -0.25) is 0 Å². The van der Waals surface area contributed by atoms with E-state index in [1.807, 2.05) is 6.26 Å². The third kappa shape index (κ3) is 5.70. The molecular formula is C8H18N2O2S3. The van der Waals surface area contributed by atoms with E-state index in [0.29, 0.717) is 11.8 Å². The largest absolute Gasteiger partial charge is 0.392 e. The summed E-state index contributed by atoms with van der Waals surface area (Å²) in [4.78, 5) is 0.000384. The van der Waals surface area contributed by atoms with Gasteiger partial charge >= 0.3 is 0 Å². The van der Waals surface area contributed by atoms with E-state index in [2.05, 4.69) is 23.9 Å². The molecular weight excluding hydrogens is 252 g/mol. The molecule has 7 heteroatoms. The fourth-order valence-corrected chi connectivity index (χ4v) is 2.49. The fourth-order valence-electron chi connectivity index (χ4n) is 0.800. The Kier molecular flexibility index (Phi) is 6.74. The molecule has 2 unspecified atom stereocenters. The predicted molar refractivity (Wildman–Crippen MR) is 70.8 cm³/mol. The first-order valence-electron chi connectivity index (χ1n) is 4.62. The Bertz CT molecular complexity index is 303. The standard InChI is InChI=1S/C8H18N2O2S3/c1-6(14-3)4-5-10-15(11,12)7(2)8(9)13/h6-7,10H,4-5H2,1-3H3,(H2,9,13). The zero-order valence-corrected chi connectivity index (χ0v) is 11.6. The molecule has 0 radical (unpaired) electrons. The molecule has 0 heterocycles. The maximum atomic E-state index is 11.6. The van der Waals surface area contributed by atoms with Gasteiger partial charge in [0.25, 0.3) is 0 Å². The zero-order chi connectivity index (χ0) is 12.1. The maximum absolute atomic E-state index is 11.6. The predicted octanol–water partition coefficient (Wildman–Crippen LogP) is 0.722. The summed E-state index contributed by atoms with van der Waals surface area (Å²) >= 11 is 6.35. The molecule has 0 aliphatic carbocycles. The van der Waals surface area contributed by atoms with Crippen LogP contribution in [0.25, 0.3) is 0 Å². The Balaban J connectivity index is 4.12. The van der Waals surface area contributed by atoms with Gasteiger partial charge in [-0.2, -0.15) is 11.8 Å². The van der Waals surface area contributed by atoms with E-state index in [-0.39, 0.29) is 4.99 Å². The van der Waals surface area contributed by atoms with Crippen LogP contribution in [0.2, 0.25) is 0 Å². The van der Waals surface area contributed by atoms with Crippen molar-refractivity contribution in [3.63, 3.8) is 0 Å². The molecule has 0 aliphatic heterocycles. The second kappa shape index (κ2) is 6.67. The first kappa shape index (κ1) is 15.2. The zero-order valence-electron chi connectivity index (χ0n) is 9.19. The van der Waals surface area contributed by atoms with E-state index in [0.717, 1.165) is 6.42 Å². The van der Waals surface area contributed by atoms with Crippen LogP contribution in [0.15, 0.2) is 0 Å². The van der Waals surface area contributed by atoms with Crippen LogP contribution in [-0.4, -0.2) is 36.7 Å². The number of hydrogen-bond acceptors (Lipinski definition) is 4. The van der Waals surface area contributed by atoms with Gasteiger partial charge in [0.2, 0.25) is 10.0 Å². The molecule has 0 aromatic carbocycles. The minimum atomic E-state index is -3.39. The van der Waals surface area contributed by atoms with Crippen molar-refractivity contribution in [2.45, 2.75) is 30.8 Å². The van der Waals surface area contributed by atoms with Crippen molar-refractivity contribution in [1.29, 1.82) is 0 Å². The van der Waals surface area contributed by atoms with Gasteiger partial charge in [0.05, 0.1) is 4.99 Å². The Morgan fingerprint density at radius 3 is 2.47 bits per heavy atom. The SMILES string of the molecule is CSC(C)CCNS(=O)(=O)C(C)C(N)=S. The maximum Gasteiger partial charge on any atom is 0.220 e. The molecule has 0 aliphatic rings. The molecule has 0 fully saturated rings. The van der Waals surface area contributed by atoms with Crippen molar-refractivity contribution in [3.05, 3.63) is 0 Å². The van der Waals surface area contributed by atoms with Gasteiger partial charge in [-0.05, 0) is 19.6 Å². The molecule has 0 aromatic rings. The number of hydrogen-bond donors (Lipinski definition) is 2. The van der Waals surface area contributed by atoms with Gasteiger partial charge in [0.1, 0.15) is 5.25 Å². The van der Waals surface area contributed by atoms with Crippen LogP contribution >= 0.6 is 24.0 Å². The van der Waals surface area contributed by atoms with Crippen LogP contribution in [-0.2, 0) is 10.0 Å². The first-order valence-corrected chi connectivity index (χ1v) is 7.86. The molecule has 0 saturated heterocycles. The lowest BCUT2D eigenvalue weighted by atomic mass is 10.3. The van der Waals surface area contributed by atoms with E-state index in [1.54, 1.807) is 11.8 Å². The summed E-state index contributed by atoms with van der Waals surface area (Å²) in [5.74, 6) is 0. The lowest BCUT2D eigenvalue weighted by Crippen LogP contribution is -2.40. The Hall–Kier alpha value is 0.150. The van der Waals surface area contributed by atoms with E-state index in [1.165, 1.54) is 6.92 Å². The van der Waals surface area contributed by atoms with Crippen molar-refractivity contribution in [2.24, 2.45) is 5.73 Å². The van der Waals surface area contributed by atoms with Gasteiger partial charge in [-0.1, -0.05) is 19.1 Å². The van der Waals surface area contributed by atoms with Crippen molar-refractivity contribution < 1.29 is 8.42 Å². The van der Waals surface area contributed by atoms with Crippen molar-refractivity contribution in [1.82, 2.24) is 4.72 Å². The molecule has 15 heavy (non-hydrogen) atoms. The van der Waals surface area contributed by atoms with Crippen molar-refractivity contribution in [2.75, 3.05) is 12.8 Å². The van der Waals surface area contributed by atoms with E-state index < -0.39 is 15.3 Å². The molecule has 0 aromatic heterocycles. The van der Waals surface area contributed by atoms with Crippen molar-refractivity contribution in [3.8, 4) is 0 Å². The molecule has 3 N–H and O–H groups in total. The quantitative estimate of drug-likeness (QED) is 0.667. The fraction of sp³-hybridized carbons (Fsp3) is 0.875. The number of thioether (sulfide) groups is 1. The third-order valence-electron chi connectivity index (χ3n) is 2.12. The first-order chi connectivity index (χ1) is 6.81. The van der Waals surface area contributed by atoms with E-state index in [9.17, 15) is 8.42 Å². The van der Waals surface area contributed by atoms with Crippen LogP contribution in [0.4, 0.5) is 0 Å². The van der Waals surface area contributed by atoms with E-state index >= 15 is 0 Å². The molecule has 0 saturated carbocycles. The second-order valence-electron chi connectivity index (χ2n) is 3.32. The summed E-state index contributed by atoms with van der Waals surface area (Å²) in [7, 11) is -3.39.